The molecule has 1 rings (SSSR count). The first-order valence-corrected chi connectivity index (χ1v) is 6.63. The molecule has 0 bridgehead atoms. The van der Waals surface area contributed by atoms with Crippen molar-refractivity contribution in [2.45, 2.75) is 26.4 Å². The highest BCUT2D eigenvalue weighted by molar-refractivity contribution is 7.14. The van der Waals surface area contributed by atoms with Gasteiger partial charge in [0, 0.05) is 18.5 Å². The molecular weight excluding hydrogens is 268 g/mol. The van der Waals surface area contributed by atoms with Crippen LogP contribution in [0.3, 0.4) is 0 Å². The molecule has 4 N–H and O–H groups in total. The van der Waals surface area contributed by atoms with Crippen LogP contribution in [0.4, 0.5) is 9.93 Å². The molecule has 1 aromatic heterocycles. The number of ether oxygens (including phenoxy) is 1. The molecule has 0 unspecified atom stereocenters. The van der Waals surface area contributed by atoms with Gasteiger partial charge in [0.05, 0.1) is 0 Å². The molecule has 0 radical (unpaired) electrons. The maximum Gasteiger partial charge on any atom is 0.413 e. The summed E-state index contributed by atoms with van der Waals surface area (Å²) in [6, 6.07) is 0. The summed E-state index contributed by atoms with van der Waals surface area (Å²) in [5, 5.41) is 6.93. The zero-order valence-electron chi connectivity index (χ0n) is 11.1. The van der Waals surface area contributed by atoms with E-state index in [1.54, 1.807) is 26.2 Å². The third-order valence-corrected chi connectivity index (χ3v) is 2.53. The van der Waals surface area contributed by atoms with Crippen molar-refractivity contribution < 1.29 is 14.3 Å². The smallest absolute Gasteiger partial charge is 0.413 e. The fraction of sp³-hybridized carbons (Fsp3) is 0.545. The fourth-order valence-electron chi connectivity index (χ4n) is 1.10. The first-order chi connectivity index (χ1) is 8.81. The number of thiazole rings is 1. The van der Waals surface area contributed by atoms with Gasteiger partial charge in [0.15, 0.2) is 5.13 Å². The second-order valence-corrected chi connectivity index (χ2v) is 5.57. The minimum Gasteiger partial charge on any atom is -0.444 e. The molecule has 0 aliphatic heterocycles. The predicted octanol–water partition coefficient (Wildman–Crippen LogP) is 1.18. The summed E-state index contributed by atoms with van der Waals surface area (Å²) in [7, 11) is 0. The van der Waals surface area contributed by atoms with Gasteiger partial charge in [-0.25, -0.2) is 9.78 Å². The Morgan fingerprint density at radius 3 is 2.74 bits per heavy atom. The Kier molecular flexibility index (Phi) is 5.25. The number of carbonyl (C=O) groups excluding carboxylic acids is 2. The van der Waals surface area contributed by atoms with Crippen LogP contribution in [0.5, 0.6) is 0 Å². The van der Waals surface area contributed by atoms with Crippen LogP contribution < -0.4 is 16.4 Å². The Labute approximate surface area is 115 Å². The van der Waals surface area contributed by atoms with Crippen LogP contribution in [0.25, 0.3) is 0 Å². The van der Waals surface area contributed by atoms with Crippen LogP contribution in [0, 0.1) is 0 Å². The van der Waals surface area contributed by atoms with E-state index >= 15 is 0 Å². The number of anilines is 1. The summed E-state index contributed by atoms with van der Waals surface area (Å²) in [5.41, 5.74) is 4.94. The molecule has 0 saturated heterocycles. The maximum atomic E-state index is 11.6. The van der Waals surface area contributed by atoms with Crippen LogP contribution in [-0.2, 0) is 4.74 Å². The monoisotopic (exact) mass is 286 g/mol. The van der Waals surface area contributed by atoms with Crippen molar-refractivity contribution in [3.05, 3.63) is 11.1 Å². The van der Waals surface area contributed by atoms with E-state index in [4.69, 9.17) is 10.5 Å². The molecule has 1 aromatic rings. The molecule has 0 aliphatic carbocycles. The lowest BCUT2D eigenvalue weighted by Crippen LogP contribution is -2.29. The van der Waals surface area contributed by atoms with E-state index in [0.717, 1.165) is 11.3 Å². The van der Waals surface area contributed by atoms with E-state index in [2.05, 4.69) is 15.6 Å². The van der Waals surface area contributed by atoms with Crippen LogP contribution in [-0.4, -0.2) is 35.7 Å². The number of rotatable bonds is 4. The highest BCUT2D eigenvalue weighted by atomic mass is 32.1. The average Bonchev–Trinajstić information content (AvgIpc) is 2.71. The van der Waals surface area contributed by atoms with E-state index < -0.39 is 11.7 Å². The van der Waals surface area contributed by atoms with Gasteiger partial charge in [-0.2, -0.15) is 0 Å². The minimum atomic E-state index is -0.601. The summed E-state index contributed by atoms with van der Waals surface area (Å²) in [6.45, 7) is 6.03. The summed E-state index contributed by atoms with van der Waals surface area (Å²) in [5.74, 6) is -0.320. The molecule has 19 heavy (non-hydrogen) atoms. The summed E-state index contributed by atoms with van der Waals surface area (Å²) in [6.07, 6.45) is -0.601. The zero-order valence-corrected chi connectivity index (χ0v) is 12.0. The number of nitrogens with one attached hydrogen (secondary N) is 2. The molecule has 0 aliphatic rings. The third-order valence-electron chi connectivity index (χ3n) is 1.77. The molecule has 0 aromatic carbocycles. The van der Waals surface area contributed by atoms with Gasteiger partial charge in [-0.1, -0.05) is 0 Å². The first-order valence-electron chi connectivity index (χ1n) is 5.75. The van der Waals surface area contributed by atoms with Gasteiger partial charge >= 0.3 is 6.09 Å². The molecule has 8 heteroatoms. The number of aromatic nitrogens is 1. The maximum absolute atomic E-state index is 11.6. The van der Waals surface area contributed by atoms with E-state index in [1.165, 1.54) is 0 Å². The lowest BCUT2D eigenvalue weighted by Gasteiger charge is -2.18. The van der Waals surface area contributed by atoms with Crippen LogP contribution in [0.1, 0.15) is 31.3 Å². The summed E-state index contributed by atoms with van der Waals surface area (Å²) >= 11 is 1.15. The van der Waals surface area contributed by atoms with Crippen molar-refractivity contribution in [2.75, 3.05) is 18.4 Å². The zero-order chi connectivity index (χ0) is 14.5. The van der Waals surface area contributed by atoms with Gasteiger partial charge in [0.1, 0.15) is 11.3 Å². The molecule has 106 valence electrons. The van der Waals surface area contributed by atoms with Gasteiger partial charge in [0.2, 0.25) is 0 Å². The Morgan fingerprint density at radius 2 is 2.16 bits per heavy atom. The lowest BCUT2D eigenvalue weighted by atomic mass is 10.2. The highest BCUT2D eigenvalue weighted by Gasteiger charge is 2.18. The van der Waals surface area contributed by atoms with Crippen molar-refractivity contribution >= 4 is 28.5 Å². The number of hydrogen-bond donors (Lipinski definition) is 3. The van der Waals surface area contributed by atoms with E-state index in [-0.39, 0.29) is 11.6 Å². The largest absolute Gasteiger partial charge is 0.444 e. The predicted molar refractivity (Wildman–Crippen MR) is 73.4 cm³/mol. The number of amides is 2. The number of nitrogens with zero attached hydrogens (tertiary/aromatic N) is 1. The van der Waals surface area contributed by atoms with Crippen LogP contribution in [0.15, 0.2) is 5.38 Å². The fourth-order valence-corrected chi connectivity index (χ4v) is 1.78. The molecular formula is C11H18N4O3S. The number of carbonyl (C=O) groups is 2. The minimum absolute atomic E-state index is 0.240. The molecule has 7 nitrogen and oxygen atoms in total. The highest BCUT2D eigenvalue weighted by Crippen LogP contribution is 2.17. The Bertz CT molecular complexity index is 453. The van der Waals surface area contributed by atoms with Crippen molar-refractivity contribution in [2.24, 2.45) is 5.73 Å². The van der Waals surface area contributed by atoms with E-state index in [9.17, 15) is 9.59 Å². The SMILES string of the molecule is CC(C)(C)OC(=O)Nc1nc(C(=O)NCCN)cs1. The molecule has 0 saturated carbocycles. The van der Waals surface area contributed by atoms with Crippen molar-refractivity contribution in [1.82, 2.24) is 10.3 Å². The van der Waals surface area contributed by atoms with E-state index in [0.29, 0.717) is 18.2 Å². The van der Waals surface area contributed by atoms with E-state index in [1.807, 2.05) is 0 Å². The normalized spacial score (nSPS) is 10.9. The number of hydrogen-bond acceptors (Lipinski definition) is 6. The van der Waals surface area contributed by atoms with Gasteiger partial charge in [-0.15, -0.1) is 11.3 Å². The summed E-state index contributed by atoms with van der Waals surface area (Å²) < 4.78 is 5.08. The standard InChI is InChI=1S/C11H18N4O3S/c1-11(2,3)18-10(17)15-9-14-7(6-19-9)8(16)13-5-4-12/h6H,4-5,12H2,1-3H3,(H,13,16)(H,14,15,17). The van der Waals surface area contributed by atoms with Crippen molar-refractivity contribution in [3.8, 4) is 0 Å². The second-order valence-electron chi connectivity index (χ2n) is 4.71. The molecule has 0 atom stereocenters. The third kappa shape index (κ3) is 5.66. The average molecular weight is 286 g/mol. The molecule has 1 heterocycles. The molecule has 0 spiro atoms. The quantitative estimate of drug-likeness (QED) is 0.770. The van der Waals surface area contributed by atoms with Gasteiger partial charge < -0.3 is 15.8 Å². The topological polar surface area (TPSA) is 106 Å². The van der Waals surface area contributed by atoms with Gasteiger partial charge in [-0.05, 0) is 20.8 Å². The lowest BCUT2D eigenvalue weighted by molar-refractivity contribution is 0.0635. The Hall–Kier alpha value is -1.67. The van der Waals surface area contributed by atoms with Crippen LogP contribution >= 0.6 is 11.3 Å². The number of nitrogens with two attached hydrogens (primary N) is 1. The van der Waals surface area contributed by atoms with Gasteiger partial charge in [0.25, 0.3) is 5.91 Å². The first kappa shape index (κ1) is 15.4. The second kappa shape index (κ2) is 6.48. The van der Waals surface area contributed by atoms with Crippen molar-refractivity contribution in [3.63, 3.8) is 0 Å². The van der Waals surface area contributed by atoms with Crippen LogP contribution in [0.2, 0.25) is 0 Å². The molecule has 0 fully saturated rings. The van der Waals surface area contributed by atoms with Gasteiger partial charge in [-0.3, -0.25) is 10.1 Å². The van der Waals surface area contributed by atoms with Crippen molar-refractivity contribution in [1.29, 1.82) is 0 Å². The molecule has 2 amide bonds. The Balaban J connectivity index is 2.55. The Morgan fingerprint density at radius 1 is 1.47 bits per heavy atom. The summed E-state index contributed by atoms with van der Waals surface area (Å²) in [4.78, 5) is 27.0.